The fraction of sp³-hybridized carbons (Fsp3) is 0.667. The lowest BCUT2D eigenvalue weighted by atomic mass is 10.1. The first kappa shape index (κ1) is 14.5. The van der Waals surface area contributed by atoms with Gasteiger partial charge in [-0.1, -0.05) is 76.7 Å². The summed E-state index contributed by atoms with van der Waals surface area (Å²) in [6.45, 7) is 6.02. The molecule has 0 aliphatic heterocycles. The Morgan fingerprint density at radius 1 is 0.800 bits per heavy atom. The van der Waals surface area contributed by atoms with Gasteiger partial charge in [-0.25, -0.2) is 0 Å². The number of allylic oxidation sites excluding steroid dienone is 4. The molecule has 0 rings (SSSR count). The summed E-state index contributed by atoms with van der Waals surface area (Å²) in [4.78, 5) is 0. The van der Waals surface area contributed by atoms with Gasteiger partial charge < -0.3 is 0 Å². The van der Waals surface area contributed by atoms with Crippen molar-refractivity contribution in [1.82, 2.24) is 0 Å². The Bertz CT molecular complexity index is 153. The highest BCUT2D eigenvalue weighted by atomic mass is 13.9. The number of unbranched alkanes of at least 4 members (excludes halogenated alkanes) is 7. The molecule has 0 unspecified atom stereocenters. The molecule has 0 saturated carbocycles. The maximum atomic E-state index is 3.85. The molecule has 0 fully saturated rings. The molecule has 0 spiro atoms. The minimum Gasteiger partial charge on any atom is -0.0848 e. The van der Waals surface area contributed by atoms with Crippen molar-refractivity contribution in [3.63, 3.8) is 0 Å². The van der Waals surface area contributed by atoms with Crippen molar-refractivity contribution in [1.29, 1.82) is 0 Å². The monoisotopic (exact) mass is 207 g/mol. The quantitative estimate of drug-likeness (QED) is 0.329. The van der Waals surface area contributed by atoms with Crippen molar-refractivity contribution >= 4 is 0 Å². The Hall–Kier alpha value is -0.520. The van der Waals surface area contributed by atoms with Gasteiger partial charge in [0, 0.05) is 0 Å². The Morgan fingerprint density at radius 3 is 2.07 bits per heavy atom. The van der Waals surface area contributed by atoms with Crippen LogP contribution in [0.5, 0.6) is 0 Å². The van der Waals surface area contributed by atoms with Gasteiger partial charge in [0.2, 0.25) is 0 Å². The first-order valence-corrected chi connectivity index (χ1v) is 6.52. The minimum absolute atomic E-state index is 1.10. The maximum Gasteiger partial charge on any atom is -0.0348 e. The third-order valence-corrected chi connectivity index (χ3v) is 2.49. The average molecular weight is 207 g/mol. The largest absolute Gasteiger partial charge is 0.0848 e. The van der Waals surface area contributed by atoms with Crippen molar-refractivity contribution < 1.29 is 0 Å². The SMILES string of the molecule is [CH2]CCCCCCCC/C=C/C=C/CC. The molecule has 0 nitrogen and oxygen atoms in total. The summed E-state index contributed by atoms with van der Waals surface area (Å²) in [7, 11) is 0. The lowest BCUT2D eigenvalue weighted by molar-refractivity contribution is 0.599. The minimum atomic E-state index is 1.10. The molecule has 0 aromatic heterocycles. The molecule has 1 radical (unpaired) electrons. The second-order valence-corrected chi connectivity index (χ2v) is 4.03. The molecule has 0 aromatic rings. The molecular weight excluding hydrogens is 180 g/mol. The summed E-state index contributed by atoms with van der Waals surface area (Å²) in [5.74, 6) is 0. The topological polar surface area (TPSA) is 0 Å². The lowest BCUT2D eigenvalue weighted by Crippen LogP contribution is -1.78. The van der Waals surface area contributed by atoms with E-state index >= 15 is 0 Å². The van der Waals surface area contributed by atoms with Crippen molar-refractivity contribution in [2.24, 2.45) is 0 Å². The summed E-state index contributed by atoms with van der Waals surface area (Å²) >= 11 is 0. The van der Waals surface area contributed by atoms with Crippen LogP contribution in [0.25, 0.3) is 0 Å². The van der Waals surface area contributed by atoms with E-state index in [4.69, 9.17) is 0 Å². The summed E-state index contributed by atoms with van der Waals surface area (Å²) in [6.07, 6.45) is 20.5. The molecule has 0 heterocycles. The molecular formula is C15H27. The van der Waals surface area contributed by atoms with Crippen LogP contribution in [0.3, 0.4) is 0 Å². The zero-order valence-corrected chi connectivity index (χ0v) is 10.4. The standard InChI is InChI=1S/C15H27/c1-3-5-7-9-11-13-15-14-12-10-8-6-4-2/h6,8,10,12H,1,3-5,7,9,11,13-15H2,2H3/b8-6+,12-10+. The Morgan fingerprint density at radius 2 is 1.40 bits per heavy atom. The smallest absolute Gasteiger partial charge is 0.0348 e. The van der Waals surface area contributed by atoms with Gasteiger partial charge in [0.1, 0.15) is 0 Å². The summed E-state index contributed by atoms with van der Waals surface area (Å²) < 4.78 is 0. The third-order valence-electron chi connectivity index (χ3n) is 2.49. The second kappa shape index (κ2) is 13.5. The van der Waals surface area contributed by atoms with Gasteiger partial charge >= 0.3 is 0 Å². The van der Waals surface area contributed by atoms with Crippen LogP contribution in [0.4, 0.5) is 0 Å². The molecule has 0 saturated heterocycles. The van der Waals surface area contributed by atoms with Gasteiger partial charge in [0.15, 0.2) is 0 Å². The molecule has 0 atom stereocenters. The van der Waals surface area contributed by atoms with Gasteiger partial charge in [-0.3, -0.25) is 0 Å². The van der Waals surface area contributed by atoms with Crippen LogP contribution >= 0.6 is 0 Å². The molecule has 0 heteroatoms. The zero-order valence-electron chi connectivity index (χ0n) is 10.4. The highest BCUT2D eigenvalue weighted by Crippen LogP contribution is 2.08. The van der Waals surface area contributed by atoms with E-state index in [2.05, 4.69) is 38.2 Å². The normalized spacial score (nSPS) is 11.9. The van der Waals surface area contributed by atoms with E-state index in [1.807, 2.05) is 0 Å². The van der Waals surface area contributed by atoms with E-state index in [1.54, 1.807) is 0 Å². The van der Waals surface area contributed by atoms with E-state index in [0.717, 1.165) is 12.8 Å². The Labute approximate surface area is 96.5 Å². The summed E-state index contributed by atoms with van der Waals surface area (Å²) in [5, 5.41) is 0. The van der Waals surface area contributed by atoms with Crippen molar-refractivity contribution in [2.75, 3.05) is 0 Å². The van der Waals surface area contributed by atoms with Gasteiger partial charge in [-0.2, -0.15) is 0 Å². The molecule has 0 bridgehead atoms. The van der Waals surface area contributed by atoms with Crippen LogP contribution in [-0.2, 0) is 0 Å². The molecule has 87 valence electrons. The summed E-state index contributed by atoms with van der Waals surface area (Å²) in [6, 6.07) is 0. The number of hydrogen-bond acceptors (Lipinski definition) is 0. The van der Waals surface area contributed by atoms with E-state index in [1.165, 1.54) is 44.9 Å². The van der Waals surface area contributed by atoms with Crippen molar-refractivity contribution in [3.8, 4) is 0 Å². The molecule has 0 aliphatic carbocycles. The predicted octanol–water partition coefficient (Wildman–Crippen LogP) is 5.46. The van der Waals surface area contributed by atoms with E-state index in [9.17, 15) is 0 Å². The first-order chi connectivity index (χ1) is 7.41. The van der Waals surface area contributed by atoms with Gasteiger partial charge in [-0.15, -0.1) is 0 Å². The first-order valence-electron chi connectivity index (χ1n) is 6.52. The number of hydrogen-bond donors (Lipinski definition) is 0. The molecule has 0 amide bonds. The molecule has 0 aliphatic rings. The zero-order chi connectivity index (χ0) is 11.2. The van der Waals surface area contributed by atoms with Crippen LogP contribution in [0.15, 0.2) is 24.3 Å². The lowest BCUT2D eigenvalue weighted by Gasteiger charge is -1.98. The predicted molar refractivity (Wildman–Crippen MR) is 70.9 cm³/mol. The van der Waals surface area contributed by atoms with E-state index < -0.39 is 0 Å². The van der Waals surface area contributed by atoms with E-state index in [0.29, 0.717) is 0 Å². The fourth-order valence-electron chi connectivity index (χ4n) is 1.54. The highest BCUT2D eigenvalue weighted by Gasteiger charge is 1.88. The highest BCUT2D eigenvalue weighted by molar-refractivity contribution is 5.01. The van der Waals surface area contributed by atoms with Gasteiger partial charge in [0.25, 0.3) is 0 Å². The Kier molecular flexibility index (Phi) is 13.0. The third kappa shape index (κ3) is 13.5. The second-order valence-electron chi connectivity index (χ2n) is 4.03. The van der Waals surface area contributed by atoms with Crippen LogP contribution in [0.2, 0.25) is 0 Å². The van der Waals surface area contributed by atoms with Gasteiger partial charge in [-0.05, 0) is 19.3 Å². The molecule has 0 N–H and O–H groups in total. The molecule has 0 aromatic carbocycles. The average Bonchev–Trinajstić information content (AvgIpc) is 2.26. The van der Waals surface area contributed by atoms with Crippen molar-refractivity contribution in [2.45, 2.75) is 64.7 Å². The summed E-state index contributed by atoms with van der Waals surface area (Å²) in [5.41, 5.74) is 0. The van der Waals surface area contributed by atoms with Crippen LogP contribution < -0.4 is 0 Å². The number of rotatable bonds is 10. The van der Waals surface area contributed by atoms with Gasteiger partial charge in [0.05, 0.1) is 0 Å². The molecule has 15 heavy (non-hydrogen) atoms. The Balaban J connectivity index is 3.04. The van der Waals surface area contributed by atoms with E-state index in [-0.39, 0.29) is 0 Å². The van der Waals surface area contributed by atoms with Crippen LogP contribution in [-0.4, -0.2) is 0 Å². The fourth-order valence-corrected chi connectivity index (χ4v) is 1.54. The van der Waals surface area contributed by atoms with Crippen LogP contribution in [0, 0.1) is 6.92 Å². The van der Waals surface area contributed by atoms with Crippen molar-refractivity contribution in [3.05, 3.63) is 31.2 Å². The van der Waals surface area contributed by atoms with Crippen LogP contribution in [0.1, 0.15) is 64.7 Å². The maximum absolute atomic E-state index is 3.85.